The molecule has 0 spiro atoms. The van der Waals surface area contributed by atoms with Gasteiger partial charge in [-0.15, -0.1) is 0 Å². The van der Waals surface area contributed by atoms with Crippen LogP contribution in [0.2, 0.25) is 0 Å². The zero-order chi connectivity index (χ0) is 15.3. The fourth-order valence-corrected chi connectivity index (χ4v) is 1.40. The summed E-state index contributed by atoms with van der Waals surface area (Å²) < 4.78 is 0. The van der Waals surface area contributed by atoms with Gasteiger partial charge in [-0.25, -0.2) is 4.79 Å². The molecule has 6 heteroatoms. The molecule has 0 aliphatic heterocycles. The predicted molar refractivity (Wildman–Crippen MR) is 79.7 cm³/mol. The van der Waals surface area contributed by atoms with E-state index in [4.69, 9.17) is 5.73 Å². The van der Waals surface area contributed by atoms with Crippen molar-refractivity contribution in [2.45, 2.75) is 19.4 Å². The Kier molecular flexibility index (Phi) is 5.10. The first-order valence-corrected chi connectivity index (χ1v) is 6.36. The average molecular weight is 278 g/mol. The molecule has 1 aromatic rings. The van der Waals surface area contributed by atoms with Gasteiger partial charge in [0.25, 0.3) is 5.91 Å². The molecule has 1 rings (SSSR count). The second-order valence-corrected chi connectivity index (χ2v) is 5.45. The van der Waals surface area contributed by atoms with Crippen LogP contribution in [0.15, 0.2) is 24.3 Å². The number of amides is 3. The molecule has 0 fully saturated rings. The van der Waals surface area contributed by atoms with Crippen LogP contribution in [0, 0.1) is 0 Å². The van der Waals surface area contributed by atoms with Crippen molar-refractivity contribution in [2.75, 3.05) is 26.0 Å². The maximum absolute atomic E-state index is 12.1. The van der Waals surface area contributed by atoms with E-state index in [0.29, 0.717) is 17.8 Å². The van der Waals surface area contributed by atoms with Gasteiger partial charge in [-0.3, -0.25) is 4.79 Å². The molecular weight excluding hydrogens is 256 g/mol. The first-order chi connectivity index (χ1) is 9.25. The van der Waals surface area contributed by atoms with Crippen molar-refractivity contribution in [3.8, 4) is 0 Å². The molecule has 0 aromatic heterocycles. The van der Waals surface area contributed by atoms with Crippen LogP contribution >= 0.6 is 0 Å². The van der Waals surface area contributed by atoms with Crippen molar-refractivity contribution in [2.24, 2.45) is 5.73 Å². The number of rotatable bonds is 4. The van der Waals surface area contributed by atoms with Gasteiger partial charge in [-0.05, 0) is 32.0 Å². The summed E-state index contributed by atoms with van der Waals surface area (Å²) in [4.78, 5) is 25.1. The molecule has 1 aromatic carbocycles. The number of carbonyl (C=O) groups excluding carboxylic acids is 2. The van der Waals surface area contributed by atoms with E-state index in [1.165, 1.54) is 4.90 Å². The highest BCUT2D eigenvalue weighted by Crippen LogP contribution is 2.12. The summed E-state index contributed by atoms with van der Waals surface area (Å²) in [6, 6.07) is 6.52. The zero-order valence-electron chi connectivity index (χ0n) is 12.4. The quantitative estimate of drug-likeness (QED) is 0.774. The summed E-state index contributed by atoms with van der Waals surface area (Å²) >= 11 is 0. The predicted octanol–water partition coefficient (Wildman–Crippen LogP) is 1.25. The minimum Gasteiger partial charge on any atom is -0.346 e. The van der Waals surface area contributed by atoms with Gasteiger partial charge in [0.15, 0.2) is 0 Å². The molecule has 0 radical (unpaired) electrons. The first kappa shape index (κ1) is 16.0. The monoisotopic (exact) mass is 278 g/mol. The van der Waals surface area contributed by atoms with E-state index in [1.54, 1.807) is 38.4 Å². The molecule has 0 aliphatic carbocycles. The molecule has 0 aliphatic rings. The van der Waals surface area contributed by atoms with Gasteiger partial charge in [-0.2, -0.15) is 0 Å². The minimum atomic E-state index is -0.472. The maximum Gasteiger partial charge on any atom is 0.321 e. The van der Waals surface area contributed by atoms with E-state index in [9.17, 15) is 9.59 Å². The molecule has 0 unspecified atom stereocenters. The third kappa shape index (κ3) is 4.55. The van der Waals surface area contributed by atoms with Gasteiger partial charge in [0.05, 0.1) is 0 Å². The summed E-state index contributed by atoms with van der Waals surface area (Å²) in [5.74, 6) is -0.221. The fraction of sp³-hybridized carbons (Fsp3) is 0.429. The van der Waals surface area contributed by atoms with Crippen molar-refractivity contribution in [1.82, 2.24) is 10.2 Å². The number of anilines is 1. The lowest BCUT2D eigenvalue weighted by atomic mass is 10.1. The summed E-state index contributed by atoms with van der Waals surface area (Å²) in [7, 11) is 3.30. The van der Waals surface area contributed by atoms with E-state index in [1.807, 2.05) is 13.8 Å². The molecule has 4 N–H and O–H groups in total. The van der Waals surface area contributed by atoms with Crippen LogP contribution < -0.4 is 16.4 Å². The number of benzene rings is 1. The summed E-state index contributed by atoms with van der Waals surface area (Å²) in [6.07, 6.45) is 0. The zero-order valence-corrected chi connectivity index (χ0v) is 12.4. The van der Waals surface area contributed by atoms with Crippen LogP contribution in [0.5, 0.6) is 0 Å². The molecule has 20 heavy (non-hydrogen) atoms. The lowest BCUT2D eigenvalue weighted by molar-refractivity contribution is 0.0915. The normalized spacial score (nSPS) is 10.8. The molecule has 0 atom stereocenters. The highest BCUT2D eigenvalue weighted by molar-refractivity contribution is 5.97. The standard InChI is InChI=1S/C14H22N4O2/c1-14(2,9-15)17-12(19)10-6-5-7-11(8-10)16-13(20)18(3)4/h5-8H,9,15H2,1-4H3,(H,16,20)(H,17,19). The van der Waals surface area contributed by atoms with E-state index in [0.717, 1.165) is 0 Å². The van der Waals surface area contributed by atoms with E-state index in [2.05, 4.69) is 10.6 Å². The number of urea groups is 1. The van der Waals surface area contributed by atoms with Crippen molar-refractivity contribution in [3.05, 3.63) is 29.8 Å². The van der Waals surface area contributed by atoms with Gasteiger partial charge in [0, 0.05) is 37.4 Å². The molecular formula is C14H22N4O2. The highest BCUT2D eigenvalue weighted by Gasteiger charge is 2.19. The van der Waals surface area contributed by atoms with Gasteiger partial charge >= 0.3 is 6.03 Å². The van der Waals surface area contributed by atoms with Crippen LogP contribution in [0.4, 0.5) is 10.5 Å². The molecule has 3 amide bonds. The number of nitrogens with zero attached hydrogens (tertiary/aromatic N) is 1. The number of carbonyl (C=O) groups is 2. The number of hydrogen-bond donors (Lipinski definition) is 3. The Morgan fingerprint density at radius 1 is 1.30 bits per heavy atom. The highest BCUT2D eigenvalue weighted by atomic mass is 16.2. The minimum absolute atomic E-state index is 0.221. The topological polar surface area (TPSA) is 87.5 Å². The van der Waals surface area contributed by atoms with Crippen molar-refractivity contribution < 1.29 is 9.59 Å². The molecule has 6 nitrogen and oxygen atoms in total. The van der Waals surface area contributed by atoms with Crippen molar-refractivity contribution in [1.29, 1.82) is 0 Å². The number of nitrogens with two attached hydrogens (primary N) is 1. The van der Waals surface area contributed by atoms with Gasteiger partial charge in [-0.1, -0.05) is 6.07 Å². The van der Waals surface area contributed by atoms with Crippen LogP contribution in [-0.2, 0) is 0 Å². The van der Waals surface area contributed by atoms with Crippen molar-refractivity contribution >= 4 is 17.6 Å². The van der Waals surface area contributed by atoms with Gasteiger partial charge in [0.2, 0.25) is 0 Å². The smallest absolute Gasteiger partial charge is 0.321 e. The molecule has 0 saturated heterocycles. The van der Waals surface area contributed by atoms with Gasteiger partial charge < -0.3 is 21.3 Å². The SMILES string of the molecule is CN(C)C(=O)Nc1cccc(C(=O)NC(C)(C)CN)c1. The summed E-state index contributed by atoms with van der Waals surface area (Å²) in [6.45, 7) is 4.04. The molecule has 0 bridgehead atoms. The van der Waals surface area contributed by atoms with Crippen LogP contribution in [0.1, 0.15) is 24.2 Å². The summed E-state index contributed by atoms with van der Waals surface area (Å²) in [5, 5.41) is 5.53. The second kappa shape index (κ2) is 6.38. The number of nitrogens with one attached hydrogen (secondary N) is 2. The Hall–Kier alpha value is -2.08. The first-order valence-electron chi connectivity index (χ1n) is 6.36. The van der Waals surface area contributed by atoms with E-state index < -0.39 is 5.54 Å². The van der Waals surface area contributed by atoms with Crippen LogP contribution in [0.3, 0.4) is 0 Å². The Morgan fingerprint density at radius 2 is 1.95 bits per heavy atom. The Morgan fingerprint density at radius 3 is 2.50 bits per heavy atom. The van der Waals surface area contributed by atoms with Crippen LogP contribution in [-0.4, -0.2) is 43.0 Å². The van der Waals surface area contributed by atoms with E-state index in [-0.39, 0.29) is 11.9 Å². The summed E-state index contributed by atoms with van der Waals surface area (Å²) in [5.41, 5.74) is 6.16. The molecule has 0 heterocycles. The average Bonchev–Trinajstić information content (AvgIpc) is 2.38. The second-order valence-electron chi connectivity index (χ2n) is 5.45. The van der Waals surface area contributed by atoms with E-state index >= 15 is 0 Å². The van der Waals surface area contributed by atoms with Gasteiger partial charge in [0.1, 0.15) is 0 Å². The third-order valence-corrected chi connectivity index (χ3v) is 2.74. The Labute approximate surface area is 119 Å². The van der Waals surface area contributed by atoms with Crippen LogP contribution in [0.25, 0.3) is 0 Å². The lowest BCUT2D eigenvalue weighted by Gasteiger charge is -2.24. The molecule has 110 valence electrons. The van der Waals surface area contributed by atoms with Crippen molar-refractivity contribution in [3.63, 3.8) is 0 Å². The number of hydrogen-bond acceptors (Lipinski definition) is 3. The molecule has 0 saturated carbocycles. The Balaban J connectivity index is 2.83. The fourth-order valence-electron chi connectivity index (χ4n) is 1.40. The lowest BCUT2D eigenvalue weighted by Crippen LogP contribution is -2.48. The Bertz CT molecular complexity index is 498. The maximum atomic E-state index is 12.1. The third-order valence-electron chi connectivity index (χ3n) is 2.74. The largest absolute Gasteiger partial charge is 0.346 e.